The lowest BCUT2D eigenvalue weighted by atomic mass is 10.00. The smallest absolute Gasteiger partial charge is 0.406 e. The molecule has 1 aliphatic heterocycles. The molecule has 2 aromatic rings. The zero-order chi connectivity index (χ0) is 15.6. The Balaban J connectivity index is 1.75. The minimum atomic E-state index is -4.66. The Labute approximate surface area is 126 Å². The van der Waals surface area contributed by atoms with Crippen LogP contribution < -0.4 is 4.74 Å². The molecule has 1 unspecified atom stereocenters. The molecule has 2 aromatic carbocycles. The molecule has 0 N–H and O–H groups in total. The maximum atomic E-state index is 12.1. The number of hydrogen-bond donors (Lipinski definition) is 0. The van der Waals surface area contributed by atoms with Gasteiger partial charge in [0.25, 0.3) is 0 Å². The highest BCUT2D eigenvalue weighted by atomic mass is 19.4. The molecule has 0 amide bonds. The van der Waals surface area contributed by atoms with Gasteiger partial charge in [0.15, 0.2) is 0 Å². The first-order valence-corrected chi connectivity index (χ1v) is 6.99. The van der Waals surface area contributed by atoms with E-state index in [1.54, 1.807) is 12.1 Å². The van der Waals surface area contributed by atoms with E-state index in [0.717, 1.165) is 29.5 Å². The Morgan fingerprint density at radius 2 is 1.50 bits per heavy atom. The van der Waals surface area contributed by atoms with Crippen LogP contribution >= 0.6 is 0 Å². The molecular weight excluding hydrogens is 291 g/mol. The Kier molecular flexibility index (Phi) is 3.88. The molecule has 0 bridgehead atoms. The second-order valence-corrected chi connectivity index (χ2v) is 5.12. The van der Waals surface area contributed by atoms with Gasteiger partial charge in [-0.25, -0.2) is 0 Å². The van der Waals surface area contributed by atoms with Gasteiger partial charge in [-0.05, 0) is 47.9 Å². The Morgan fingerprint density at radius 3 is 2.00 bits per heavy atom. The van der Waals surface area contributed by atoms with Gasteiger partial charge in [-0.1, -0.05) is 36.4 Å². The number of rotatable bonds is 3. The summed E-state index contributed by atoms with van der Waals surface area (Å²) >= 11 is 0. The SMILES string of the molecule is FC(F)(F)Oc1ccc(-c2ccc(C3CCC=N3)cc2)cc1. The van der Waals surface area contributed by atoms with E-state index in [0.29, 0.717) is 0 Å². The molecule has 2 nitrogen and oxygen atoms in total. The van der Waals surface area contributed by atoms with E-state index < -0.39 is 6.36 Å². The van der Waals surface area contributed by atoms with Crippen LogP contribution in [0.1, 0.15) is 24.4 Å². The van der Waals surface area contributed by atoms with Crippen molar-refractivity contribution in [2.75, 3.05) is 0 Å². The Morgan fingerprint density at radius 1 is 0.909 bits per heavy atom. The predicted molar refractivity (Wildman–Crippen MR) is 79.0 cm³/mol. The molecule has 1 aliphatic rings. The van der Waals surface area contributed by atoms with Gasteiger partial charge in [0, 0.05) is 0 Å². The zero-order valence-electron chi connectivity index (χ0n) is 11.7. The van der Waals surface area contributed by atoms with E-state index in [1.807, 2.05) is 30.5 Å². The summed E-state index contributed by atoms with van der Waals surface area (Å²) in [4.78, 5) is 4.41. The van der Waals surface area contributed by atoms with Crippen LogP contribution in [-0.2, 0) is 0 Å². The third kappa shape index (κ3) is 3.47. The molecule has 0 spiro atoms. The van der Waals surface area contributed by atoms with Crippen LogP contribution in [-0.4, -0.2) is 12.6 Å². The van der Waals surface area contributed by atoms with Crippen LogP contribution in [0.5, 0.6) is 5.75 Å². The fourth-order valence-electron chi connectivity index (χ4n) is 2.51. The van der Waals surface area contributed by atoms with Crippen molar-refractivity contribution in [1.82, 2.24) is 0 Å². The Hall–Kier alpha value is -2.30. The van der Waals surface area contributed by atoms with Crippen LogP contribution in [0.3, 0.4) is 0 Å². The van der Waals surface area contributed by atoms with Crippen LogP contribution in [0.4, 0.5) is 13.2 Å². The highest BCUT2D eigenvalue weighted by Gasteiger charge is 2.30. The fourth-order valence-corrected chi connectivity index (χ4v) is 2.51. The number of aliphatic imine (C=N–C) groups is 1. The summed E-state index contributed by atoms with van der Waals surface area (Å²) in [5, 5.41) is 0. The van der Waals surface area contributed by atoms with E-state index >= 15 is 0 Å². The van der Waals surface area contributed by atoms with Crippen LogP contribution in [0.25, 0.3) is 11.1 Å². The molecule has 0 saturated heterocycles. The molecule has 0 fully saturated rings. The maximum absolute atomic E-state index is 12.1. The maximum Gasteiger partial charge on any atom is 0.573 e. The normalized spacial score (nSPS) is 17.7. The van der Waals surface area contributed by atoms with E-state index in [-0.39, 0.29) is 11.8 Å². The highest BCUT2D eigenvalue weighted by Crippen LogP contribution is 2.30. The van der Waals surface area contributed by atoms with Crippen LogP contribution in [0, 0.1) is 0 Å². The largest absolute Gasteiger partial charge is 0.573 e. The number of halogens is 3. The third-order valence-electron chi connectivity index (χ3n) is 3.57. The van der Waals surface area contributed by atoms with Crippen molar-refractivity contribution in [2.24, 2.45) is 4.99 Å². The summed E-state index contributed by atoms with van der Waals surface area (Å²) in [5.74, 6) is -0.215. The molecule has 0 aromatic heterocycles. The summed E-state index contributed by atoms with van der Waals surface area (Å²) in [7, 11) is 0. The van der Waals surface area contributed by atoms with Gasteiger partial charge in [0.05, 0.1) is 6.04 Å². The summed E-state index contributed by atoms with van der Waals surface area (Å²) < 4.78 is 40.2. The van der Waals surface area contributed by atoms with Gasteiger partial charge in [0.1, 0.15) is 5.75 Å². The molecule has 1 atom stereocenters. The summed E-state index contributed by atoms with van der Waals surface area (Å²) in [6.45, 7) is 0. The summed E-state index contributed by atoms with van der Waals surface area (Å²) in [6, 6.07) is 14.1. The molecule has 0 radical (unpaired) electrons. The van der Waals surface area contributed by atoms with Crippen LogP contribution in [0.2, 0.25) is 0 Å². The van der Waals surface area contributed by atoms with Gasteiger partial charge < -0.3 is 4.74 Å². The van der Waals surface area contributed by atoms with Crippen LogP contribution in [0.15, 0.2) is 53.5 Å². The zero-order valence-corrected chi connectivity index (χ0v) is 11.7. The van der Waals surface area contributed by atoms with Crippen molar-refractivity contribution in [3.8, 4) is 16.9 Å². The van der Waals surface area contributed by atoms with Crippen molar-refractivity contribution in [2.45, 2.75) is 25.2 Å². The quantitative estimate of drug-likeness (QED) is 0.767. The number of benzene rings is 2. The summed E-state index contributed by atoms with van der Waals surface area (Å²) in [5.41, 5.74) is 2.95. The molecular formula is C17H14F3NO. The minimum absolute atomic E-state index is 0.215. The van der Waals surface area contributed by atoms with E-state index in [2.05, 4.69) is 9.73 Å². The van der Waals surface area contributed by atoms with E-state index in [4.69, 9.17) is 0 Å². The lowest BCUT2D eigenvalue weighted by molar-refractivity contribution is -0.274. The van der Waals surface area contributed by atoms with Gasteiger partial charge in [0.2, 0.25) is 0 Å². The lowest BCUT2D eigenvalue weighted by Gasteiger charge is -2.10. The van der Waals surface area contributed by atoms with Gasteiger partial charge >= 0.3 is 6.36 Å². The molecule has 3 rings (SSSR count). The Bertz CT molecular complexity index is 660. The van der Waals surface area contributed by atoms with E-state index in [9.17, 15) is 13.2 Å². The van der Waals surface area contributed by atoms with Gasteiger partial charge in [-0.3, -0.25) is 4.99 Å². The average Bonchev–Trinajstić information content (AvgIpc) is 3.01. The first-order valence-electron chi connectivity index (χ1n) is 6.99. The number of hydrogen-bond acceptors (Lipinski definition) is 2. The first-order chi connectivity index (χ1) is 10.5. The molecule has 0 saturated carbocycles. The molecule has 114 valence electrons. The van der Waals surface area contributed by atoms with E-state index in [1.165, 1.54) is 12.1 Å². The predicted octanol–water partition coefficient (Wildman–Crippen LogP) is 5.16. The number of ether oxygens (including phenoxy) is 1. The lowest BCUT2D eigenvalue weighted by Crippen LogP contribution is -2.16. The molecule has 5 heteroatoms. The van der Waals surface area contributed by atoms with Gasteiger partial charge in [-0.15, -0.1) is 13.2 Å². The third-order valence-corrected chi connectivity index (χ3v) is 3.57. The van der Waals surface area contributed by atoms with Crippen molar-refractivity contribution < 1.29 is 17.9 Å². The van der Waals surface area contributed by atoms with Crippen molar-refractivity contribution in [3.05, 3.63) is 54.1 Å². The first kappa shape index (κ1) is 14.6. The molecule has 1 heterocycles. The highest BCUT2D eigenvalue weighted by molar-refractivity contribution is 5.65. The topological polar surface area (TPSA) is 21.6 Å². The second kappa shape index (κ2) is 5.83. The van der Waals surface area contributed by atoms with Crippen molar-refractivity contribution in [3.63, 3.8) is 0 Å². The molecule has 22 heavy (non-hydrogen) atoms. The minimum Gasteiger partial charge on any atom is -0.406 e. The second-order valence-electron chi connectivity index (χ2n) is 5.12. The monoisotopic (exact) mass is 305 g/mol. The average molecular weight is 305 g/mol. The molecule has 0 aliphatic carbocycles. The van der Waals surface area contributed by atoms with Crippen molar-refractivity contribution >= 4 is 6.21 Å². The fraction of sp³-hybridized carbons (Fsp3) is 0.235. The standard InChI is InChI=1S/C17H14F3NO/c18-17(19,20)22-15-9-7-13(8-10-15)12-3-5-14(6-4-12)16-2-1-11-21-16/h3-11,16H,1-2H2. The van der Waals surface area contributed by atoms with Gasteiger partial charge in [-0.2, -0.15) is 0 Å². The number of alkyl halides is 3. The number of nitrogens with zero attached hydrogens (tertiary/aromatic N) is 1. The summed E-state index contributed by atoms with van der Waals surface area (Å²) in [6.07, 6.45) is -0.682. The van der Waals surface area contributed by atoms with Crippen molar-refractivity contribution in [1.29, 1.82) is 0 Å².